The van der Waals surface area contributed by atoms with E-state index in [1.54, 1.807) is 4.90 Å². The van der Waals surface area contributed by atoms with Gasteiger partial charge in [-0.15, -0.1) is 0 Å². The molecule has 2 unspecified atom stereocenters. The minimum absolute atomic E-state index is 0.120. The highest BCUT2D eigenvalue weighted by molar-refractivity contribution is 5.83. The lowest BCUT2D eigenvalue weighted by Gasteiger charge is -2.39. The van der Waals surface area contributed by atoms with E-state index >= 15 is 0 Å². The summed E-state index contributed by atoms with van der Waals surface area (Å²) in [5.74, 6) is -0.443. The number of piperidine rings is 1. The Hall–Kier alpha value is -1.30. The van der Waals surface area contributed by atoms with Gasteiger partial charge in [-0.25, -0.2) is 9.59 Å². The molecule has 0 aromatic carbocycles. The van der Waals surface area contributed by atoms with Gasteiger partial charge in [-0.3, -0.25) is 0 Å². The van der Waals surface area contributed by atoms with Crippen LogP contribution in [0.2, 0.25) is 0 Å². The highest BCUT2D eigenvalue weighted by atomic mass is 16.4. The van der Waals surface area contributed by atoms with Gasteiger partial charge in [0, 0.05) is 25.6 Å². The maximum absolute atomic E-state index is 12.5. The molecular formula is C13H22N2O4. The van der Waals surface area contributed by atoms with Crippen molar-refractivity contribution in [3.8, 4) is 0 Å². The minimum atomic E-state index is -1.04. The van der Waals surface area contributed by atoms with Crippen LogP contribution in [0.25, 0.3) is 0 Å². The van der Waals surface area contributed by atoms with Crippen LogP contribution in [0.5, 0.6) is 0 Å². The number of carboxylic acids is 1. The predicted octanol–water partition coefficient (Wildman–Crippen LogP) is 0.747. The lowest BCUT2D eigenvalue weighted by Crippen LogP contribution is -2.53. The van der Waals surface area contributed by atoms with E-state index < -0.39 is 18.1 Å². The Kier molecular flexibility index (Phi) is 3.99. The third kappa shape index (κ3) is 2.83. The number of aliphatic carboxylic acids is 1. The first-order chi connectivity index (χ1) is 8.90. The lowest BCUT2D eigenvalue weighted by atomic mass is 9.94. The third-order valence-corrected chi connectivity index (χ3v) is 4.19. The fourth-order valence-electron chi connectivity index (χ4n) is 3.12. The summed E-state index contributed by atoms with van der Waals surface area (Å²) in [7, 11) is 0. The Balaban J connectivity index is 2.08. The first-order valence-corrected chi connectivity index (χ1v) is 6.88. The first kappa shape index (κ1) is 14.1. The number of aliphatic hydroxyl groups is 1. The van der Waals surface area contributed by atoms with Crippen LogP contribution < -0.4 is 0 Å². The summed E-state index contributed by atoms with van der Waals surface area (Å²) in [6.07, 6.45) is 1.29. The highest BCUT2D eigenvalue weighted by Gasteiger charge is 2.42. The van der Waals surface area contributed by atoms with Gasteiger partial charge in [-0.05, 0) is 25.7 Å². The van der Waals surface area contributed by atoms with Gasteiger partial charge < -0.3 is 20.0 Å². The normalized spacial score (nSPS) is 35.5. The van der Waals surface area contributed by atoms with E-state index in [9.17, 15) is 14.7 Å². The zero-order valence-corrected chi connectivity index (χ0v) is 11.5. The molecule has 0 aromatic rings. The van der Waals surface area contributed by atoms with Crippen molar-refractivity contribution in [1.29, 1.82) is 0 Å². The van der Waals surface area contributed by atoms with Gasteiger partial charge in [0.25, 0.3) is 0 Å². The van der Waals surface area contributed by atoms with Crippen molar-refractivity contribution in [3.05, 3.63) is 0 Å². The summed E-state index contributed by atoms with van der Waals surface area (Å²) in [6, 6.07) is -1.01. The Morgan fingerprint density at radius 1 is 1.16 bits per heavy atom. The Bertz CT molecular complexity index is 374. The van der Waals surface area contributed by atoms with Gasteiger partial charge in [-0.1, -0.05) is 6.92 Å². The van der Waals surface area contributed by atoms with Gasteiger partial charge in [-0.2, -0.15) is 0 Å². The number of β-amino-alcohol motifs (C(OH)–C–C–N with tert-alkyl or cyclic N) is 1. The number of carbonyl (C=O) groups excluding carboxylic acids is 1. The lowest BCUT2D eigenvalue weighted by molar-refractivity contribution is -0.141. The molecule has 0 aromatic heterocycles. The van der Waals surface area contributed by atoms with Crippen LogP contribution in [0, 0.1) is 5.92 Å². The molecule has 2 N–H and O–H groups in total. The number of likely N-dealkylation sites (tertiary alicyclic amines) is 2. The molecule has 2 aliphatic heterocycles. The Morgan fingerprint density at radius 2 is 1.84 bits per heavy atom. The van der Waals surface area contributed by atoms with E-state index in [1.165, 1.54) is 4.90 Å². The zero-order chi connectivity index (χ0) is 14.2. The van der Waals surface area contributed by atoms with E-state index in [-0.39, 0.29) is 25.0 Å². The summed E-state index contributed by atoms with van der Waals surface area (Å²) in [5, 5.41) is 18.7. The number of aliphatic hydroxyl groups excluding tert-OH is 1. The maximum atomic E-state index is 12.5. The molecule has 2 amide bonds. The molecular weight excluding hydrogens is 248 g/mol. The van der Waals surface area contributed by atoms with Crippen LogP contribution in [-0.4, -0.2) is 63.3 Å². The maximum Gasteiger partial charge on any atom is 0.326 e. The van der Waals surface area contributed by atoms with Crippen molar-refractivity contribution in [1.82, 2.24) is 9.80 Å². The number of nitrogens with zero attached hydrogens (tertiary/aromatic N) is 2. The molecule has 2 fully saturated rings. The molecule has 2 rings (SSSR count). The standard InChI is InChI=1S/C13H22N2O4/c1-8-3-4-14(9(2)5-8)13(19)15-7-10(16)6-11(15)12(17)18/h8-11,16H,3-7H2,1-2H3,(H,17,18)/t8?,9?,10-,11-/m1/s1. The van der Waals surface area contributed by atoms with Crippen LogP contribution >= 0.6 is 0 Å². The Morgan fingerprint density at radius 3 is 2.42 bits per heavy atom. The van der Waals surface area contributed by atoms with E-state index in [4.69, 9.17) is 5.11 Å². The topological polar surface area (TPSA) is 81.1 Å². The molecule has 2 heterocycles. The van der Waals surface area contributed by atoms with E-state index in [1.807, 2.05) is 6.92 Å². The molecule has 4 atom stereocenters. The minimum Gasteiger partial charge on any atom is -0.480 e. The number of carbonyl (C=O) groups is 2. The third-order valence-electron chi connectivity index (χ3n) is 4.19. The summed E-state index contributed by atoms with van der Waals surface area (Å²) in [4.78, 5) is 26.7. The second-order valence-corrected chi connectivity index (χ2v) is 5.85. The van der Waals surface area contributed by atoms with Gasteiger partial charge in [0.1, 0.15) is 6.04 Å². The molecule has 6 heteroatoms. The van der Waals surface area contributed by atoms with Crippen LogP contribution in [0.4, 0.5) is 4.79 Å². The molecule has 0 saturated carbocycles. The van der Waals surface area contributed by atoms with Crippen molar-refractivity contribution in [2.75, 3.05) is 13.1 Å². The monoisotopic (exact) mass is 270 g/mol. The van der Waals surface area contributed by atoms with Crippen molar-refractivity contribution < 1.29 is 19.8 Å². The summed E-state index contributed by atoms with van der Waals surface area (Å²) in [6.45, 7) is 4.95. The fraction of sp³-hybridized carbons (Fsp3) is 0.846. The quantitative estimate of drug-likeness (QED) is 0.736. The molecule has 19 heavy (non-hydrogen) atoms. The van der Waals surface area contributed by atoms with Crippen LogP contribution in [0.15, 0.2) is 0 Å². The molecule has 2 saturated heterocycles. The van der Waals surface area contributed by atoms with Crippen molar-refractivity contribution in [3.63, 3.8) is 0 Å². The molecule has 6 nitrogen and oxygen atoms in total. The van der Waals surface area contributed by atoms with E-state index in [0.29, 0.717) is 12.5 Å². The predicted molar refractivity (Wildman–Crippen MR) is 68.7 cm³/mol. The van der Waals surface area contributed by atoms with Crippen LogP contribution in [-0.2, 0) is 4.79 Å². The average Bonchev–Trinajstić information content (AvgIpc) is 2.70. The van der Waals surface area contributed by atoms with Crippen molar-refractivity contribution in [2.24, 2.45) is 5.92 Å². The number of rotatable bonds is 1. The summed E-state index contributed by atoms with van der Waals surface area (Å²) in [5.41, 5.74) is 0. The molecule has 108 valence electrons. The largest absolute Gasteiger partial charge is 0.480 e. The second-order valence-electron chi connectivity index (χ2n) is 5.85. The van der Waals surface area contributed by atoms with Crippen LogP contribution in [0.3, 0.4) is 0 Å². The first-order valence-electron chi connectivity index (χ1n) is 6.88. The molecule has 0 aliphatic carbocycles. The fourth-order valence-corrected chi connectivity index (χ4v) is 3.12. The van der Waals surface area contributed by atoms with E-state index in [2.05, 4.69) is 6.92 Å². The van der Waals surface area contributed by atoms with Crippen molar-refractivity contribution in [2.45, 2.75) is 51.3 Å². The summed E-state index contributed by atoms with van der Waals surface area (Å²) >= 11 is 0. The van der Waals surface area contributed by atoms with Gasteiger partial charge in [0.05, 0.1) is 6.10 Å². The van der Waals surface area contributed by atoms with E-state index in [0.717, 1.165) is 12.8 Å². The van der Waals surface area contributed by atoms with Gasteiger partial charge in [0.2, 0.25) is 0 Å². The number of urea groups is 1. The molecule has 2 aliphatic rings. The highest BCUT2D eigenvalue weighted by Crippen LogP contribution is 2.26. The molecule has 0 spiro atoms. The smallest absolute Gasteiger partial charge is 0.326 e. The van der Waals surface area contributed by atoms with Crippen molar-refractivity contribution >= 4 is 12.0 Å². The Labute approximate surface area is 113 Å². The summed E-state index contributed by atoms with van der Waals surface area (Å²) < 4.78 is 0. The number of hydrogen-bond donors (Lipinski definition) is 2. The average molecular weight is 270 g/mol. The number of carboxylic acid groups (broad SMARTS) is 1. The second kappa shape index (κ2) is 5.36. The SMILES string of the molecule is CC1CCN(C(=O)N2C[C@H](O)C[C@@H]2C(=O)O)C(C)C1. The number of amides is 2. The molecule has 0 bridgehead atoms. The van der Waals surface area contributed by atoms with Crippen LogP contribution in [0.1, 0.15) is 33.1 Å². The van der Waals surface area contributed by atoms with Gasteiger partial charge >= 0.3 is 12.0 Å². The van der Waals surface area contributed by atoms with Gasteiger partial charge in [0.15, 0.2) is 0 Å². The zero-order valence-electron chi connectivity index (χ0n) is 11.5. The molecule has 0 radical (unpaired) electrons. The number of hydrogen-bond acceptors (Lipinski definition) is 3.